The van der Waals surface area contributed by atoms with Gasteiger partial charge in [-0.3, -0.25) is 23.6 Å². The Morgan fingerprint density at radius 1 is 1.15 bits per heavy atom. The molecule has 2 aliphatic heterocycles. The first-order valence-corrected chi connectivity index (χ1v) is 12.6. The highest BCUT2D eigenvalue weighted by Crippen LogP contribution is 2.32. The Bertz CT molecular complexity index is 1260. The van der Waals surface area contributed by atoms with E-state index < -0.39 is 32.9 Å². The van der Waals surface area contributed by atoms with Crippen LogP contribution in [0.15, 0.2) is 53.4 Å². The average Bonchev–Trinajstić information content (AvgIpc) is 3.28. The molecule has 4 rings (SSSR count). The number of nitrogens with one attached hydrogen (secondary N) is 1. The molecule has 2 aliphatic rings. The quantitative estimate of drug-likeness (QED) is 0.626. The van der Waals surface area contributed by atoms with Crippen molar-refractivity contribution in [1.82, 2.24) is 10.2 Å². The van der Waals surface area contributed by atoms with E-state index in [0.29, 0.717) is 30.4 Å². The number of hydrogen-bond acceptors (Lipinski definition) is 6. The van der Waals surface area contributed by atoms with Crippen molar-refractivity contribution in [2.75, 3.05) is 29.7 Å². The third-order valence-electron chi connectivity index (χ3n) is 5.18. The van der Waals surface area contributed by atoms with Crippen LogP contribution in [-0.2, 0) is 14.8 Å². The van der Waals surface area contributed by atoms with Gasteiger partial charge in [-0.05, 0) is 48.5 Å². The van der Waals surface area contributed by atoms with Gasteiger partial charge in [0.05, 0.1) is 16.3 Å². The summed E-state index contributed by atoms with van der Waals surface area (Å²) < 4.78 is 39.3. The number of rotatable bonds is 6. The Morgan fingerprint density at radius 2 is 1.94 bits per heavy atom. The number of hydrogen-bond donors (Lipinski definition) is 1. The minimum atomic E-state index is -3.36. The fourth-order valence-corrected chi connectivity index (χ4v) is 5.95. The summed E-state index contributed by atoms with van der Waals surface area (Å²) in [6.07, 6.45) is 1.86. The maximum Gasteiger partial charge on any atom is 0.293 e. The zero-order valence-electron chi connectivity index (χ0n) is 17.4. The van der Waals surface area contributed by atoms with Gasteiger partial charge >= 0.3 is 0 Å². The summed E-state index contributed by atoms with van der Waals surface area (Å²) in [6.45, 7) is 0.328. The fraction of sp³-hybridized carbons (Fsp3) is 0.227. The zero-order valence-corrected chi connectivity index (χ0v) is 19.0. The first-order chi connectivity index (χ1) is 15.8. The molecule has 0 radical (unpaired) electrons. The zero-order chi connectivity index (χ0) is 23.6. The van der Waals surface area contributed by atoms with Crippen LogP contribution in [0.2, 0.25) is 0 Å². The lowest BCUT2D eigenvalue weighted by Crippen LogP contribution is -2.37. The summed E-state index contributed by atoms with van der Waals surface area (Å²) in [4.78, 5) is 38.4. The van der Waals surface area contributed by atoms with Crippen LogP contribution >= 0.6 is 11.8 Å². The third kappa shape index (κ3) is 4.93. The molecule has 2 saturated heterocycles. The van der Waals surface area contributed by atoms with E-state index in [9.17, 15) is 27.2 Å². The van der Waals surface area contributed by atoms with Crippen molar-refractivity contribution in [3.63, 3.8) is 0 Å². The Morgan fingerprint density at radius 3 is 2.67 bits per heavy atom. The Kier molecular flexibility index (Phi) is 6.52. The van der Waals surface area contributed by atoms with Crippen LogP contribution in [0.5, 0.6) is 0 Å². The largest absolute Gasteiger partial charge is 0.350 e. The van der Waals surface area contributed by atoms with E-state index in [1.54, 1.807) is 24.3 Å². The summed E-state index contributed by atoms with van der Waals surface area (Å²) in [6, 6.07) is 12.2. The first-order valence-electron chi connectivity index (χ1n) is 10.1. The van der Waals surface area contributed by atoms with Crippen molar-refractivity contribution in [3.05, 3.63) is 70.4 Å². The molecule has 0 aliphatic carbocycles. The van der Waals surface area contributed by atoms with Crippen LogP contribution in [0.4, 0.5) is 14.9 Å². The minimum absolute atomic E-state index is 0.0100. The molecule has 8 nitrogen and oxygen atoms in total. The molecule has 11 heteroatoms. The topological polar surface area (TPSA) is 104 Å². The number of carbonyl (C=O) groups is 3. The van der Waals surface area contributed by atoms with Gasteiger partial charge in [0.15, 0.2) is 0 Å². The summed E-state index contributed by atoms with van der Waals surface area (Å²) in [5.74, 6) is -1.43. The molecule has 2 heterocycles. The van der Waals surface area contributed by atoms with E-state index in [0.717, 1.165) is 4.90 Å². The highest BCUT2D eigenvalue weighted by atomic mass is 32.2. The smallest absolute Gasteiger partial charge is 0.293 e. The Balaban J connectivity index is 1.37. The van der Waals surface area contributed by atoms with Crippen LogP contribution in [0.1, 0.15) is 22.3 Å². The maximum atomic E-state index is 13.8. The van der Waals surface area contributed by atoms with Crippen molar-refractivity contribution >= 4 is 50.6 Å². The second-order valence-electron chi connectivity index (χ2n) is 7.40. The lowest BCUT2D eigenvalue weighted by molar-refractivity contribution is -0.122. The molecule has 1 N–H and O–H groups in total. The number of sulfonamides is 1. The van der Waals surface area contributed by atoms with Gasteiger partial charge in [-0.2, -0.15) is 0 Å². The van der Waals surface area contributed by atoms with Crippen molar-refractivity contribution < 1.29 is 27.2 Å². The fourth-order valence-electron chi connectivity index (χ4n) is 3.54. The summed E-state index contributed by atoms with van der Waals surface area (Å²) >= 11 is 0.713. The second-order valence-corrected chi connectivity index (χ2v) is 10.4. The average molecular weight is 490 g/mol. The van der Waals surface area contributed by atoms with Gasteiger partial charge in [0, 0.05) is 30.8 Å². The van der Waals surface area contributed by atoms with E-state index in [2.05, 4.69) is 5.32 Å². The Labute approximate surface area is 194 Å². The normalized spacial score (nSPS) is 18.9. The predicted molar refractivity (Wildman–Crippen MR) is 124 cm³/mol. The number of thioether (sulfide) groups is 1. The van der Waals surface area contributed by atoms with E-state index in [-0.39, 0.29) is 34.9 Å². The number of amides is 3. The van der Waals surface area contributed by atoms with E-state index in [1.165, 1.54) is 34.6 Å². The molecule has 0 atom stereocenters. The van der Waals surface area contributed by atoms with E-state index in [4.69, 9.17) is 0 Å². The summed E-state index contributed by atoms with van der Waals surface area (Å²) in [7, 11) is -3.36. The first kappa shape index (κ1) is 23.0. The highest BCUT2D eigenvalue weighted by molar-refractivity contribution is 8.18. The standard InChI is InChI=1S/C22H20FN3O5S2/c23-18-8-2-1-5-15(18)14-19-21(28)25(22(29)32-19)11-9-24-20(27)16-6-3-7-17(13-16)26-10-4-12-33(26,30)31/h1-3,5-8,13-14H,4,9-12H2,(H,24,27)/b19-14-. The highest BCUT2D eigenvalue weighted by Gasteiger charge is 2.35. The molecule has 172 valence electrons. The van der Waals surface area contributed by atoms with Crippen molar-refractivity contribution in [3.8, 4) is 0 Å². The monoisotopic (exact) mass is 489 g/mol. The predicted octanol–water partition coefficient (Wildman–Crippen LogP) is 2.83. The number of carbonyl (C=O) groups excluding carboxylic acids is 3. The van der Waals surface area contributed by atoms with Crippen molar-refractivity contribution in [2.24, 2.45) is 0 Å². The van der Waals surface area contributed by atoms with Crippen LogP contribution in [0.3, 0.4) is 0 Å². The van der Waals surface area contributed by atoms with Crippen LogP contribution in [0.25, 0.3) is 6.08 Å². The molecule has 3 amide bonds. The van der Waals surface area contributed by atoms with E-state index >= 15 is 0 Å². The maximum absolute atomic E-state index is 13.8. The minimum Gasteiger partial charge on any atom is -0.350 e. The van der Waals surface area contributed by atoms with Crippen molar-refractivity contribution in [1.29, 1.82) is 0 Å². The van der Waals surface area contributed by atoms with Gasteiger partial charge < -0.3 is 5.32 Å². The molecule has 2 aromatic rings. The Hall–Kier alpha value is -3.18. The number of benzene rings is 2. The molecule has 2 fully saturated rings. The van der Waals surface area contributed by atoms with Gasteiger partial charge in [-0.1, -0.05) is 24.3 Å². The van der Waals surface area contributed by atoms with Gasteiger partial charge in [0.25, 0.3) is 17.1 Å². The summed E-state index contributed by atoms with van der Waals surface area (Å²) in [5.41, 5.74) is 0.892. The number of imide groups is 1. The van der Waals surface area contributed by atoms with Gasteiger partial charge in [-0.15, -0.1) is 0 Å². The molecule has 2 aromatic carbocycles. The lowest BCUT2D eigenvalue weighted by Gasteiger charge is -2.17. The molecule has 33 heavy (non-hydrogen) atoms. The number of nitrogens with zero attached hydrogens (tertiary/aromatic N) is 2. The van der Waals surface area contributed by atoms with Gasteiger partial charge in [0.2, 0.25) is 10.0 Å². The summed E-state index contributed by atoms with van der Waals surface area (Å²) in [5, 5.41) is 2.14. The van der Waals surface area contributed by atoms with Crippen LogP contribution < -0.4 is 9.62 Å². The van der Waals surface area contributed by atoms with Crippen LogP contribution in [-0.4, -0.2) is 55.8 Å². The molecule has 0 saturated carbocycles. The molecule has 0 unspecified atom stereocenters. The second kappa shape index (κ2) is 9.36. The van der Waals surface area contributed by atoms with Gasteiger partial charge in [0.1, 0.15) is 5.82 Å². The van der Waals surface area contributed by atoms with Crippen LogP contribution in [0, 0.1) is 5.82 Å². The lowest BCUT2D eigenvalue weighted by atomic mass is 10.2. The van der Waals surface area contributed by atoms with Crippen molar-refractivity contribution in [2.45, 2.75) is 6.42 Å². The molecule has 0 spiro atoms. The molecular formula is C22H20FN3O5S2. The molecule has 0 aromatic heterocycles. The molecule has 0 bridgehead atoms. The third-order valence-corrected chi connectivity index (χ3v) is 7.96. The molecular weight excluding hydrogens is 469 g/mol. The number of halogens is 1. The van der Waals surface area contributed by atoms with E-state index in [1.807, 2.05) is 0 Å². The SMILES string of the molecule is O=C(NCCN1C(=O)S/C(=C\c2ccccc2F)C1=O)c1cccc(N2CCCS2(=O)=O)c1. The number of anilines is 1. The van der Waals surface area contributed by atoms with Gasteiger partial charge in [-0.25, -0.2) is 12.8 Å².